The normalized spacial score (nSPS) is 22.5. The minimum absolute atomic E-state index is 0.0838. The van der Waals surface area contributed by atoms with Gasteiger partial charge in [-0.05, 0) is 51.3 Å². The van der Waals surface area contributed by atoms with Crippen LogP contribution in [0.3, 0.4) is 0 Å². The van der Waals surface area contributed by atoms with Crippen molar-refractivity contribution in [2.24, 2.45) is 5.92 Å². The Labute approximate surface area is 189 Å². The van der Waals surface area contributed by atoms with E-state index in [1.807, 2.05) is 26.0 Å². The number of esters is 1. The van der Waals surface area contributed by atoms with Gasteiger partial charge >= 0.3 is 5.97 Å². The van der Waals surface area contributed by atoms with Crippen LogP contribution < -0.4 is 4.74 Å². The lowest BCUT2D eigenvalue weighted by Gasteiger charge is -2.16. The minimum Gasteiger partial charge on any atom is -0.491 e. The fourth-order valence-electron chi connectivity index (χ4n) is 3.25. The first-order valence-electron chi connectivity index (χ1n) is 10.7. The molecule has 2 N–H and O–H groups in total. The van der Waals surface area contributed by atoms with Crippen molar-refractivity contribution in [3.8, 4) is 5.75 Å². The van der Waals surface area contributed by atoms with Crippen molar-refractivity contribution in [2.75, 3.05) is 13.2 Å². The van der Waals surface area contributed by atoms with E-state index in [2.05, 4.69) is 0 Å². The van der Waals surface area contributed by atoms with E-state index in [4.69, 9.17) is 25.8 Å². The molecule has 1 unspecified atom stereocenters. The average molecular weight is 453 g/mol. The number of rotatable bonds is 12. The van der Waals surface area contributed by atoms with Crippen LogP contribution in [0.4, 0.5) is 0 Å². The number of carbonyl (C=O) groups excluding carboxylic acids is 1. The van der Waals surface area contributed by atoms with Gasteiger partial charge in [0.1, 0.15) is 18.5 Å². The number of benzene rings is 1. The maximum absolute atomic E-state index is 11.5. The fraction of sp³-hybridized carbons (Fsp3) is 0.542. The largest absolute Gasteiger partial charge is 0.491 e. The summed E-state index contributed by atoms with van der Waals surface area (Å²) < 4.78 is 16.3. The standard InChI is InChI=1S/C24H33ClO6/c1-17(2)31-24(28)11-6-4-3-5-10-21-22(27)16-30-23(21)13-12-19(26)15-29-20-9-7-8-18(25)14-20/h3,5,7-9,12-14,17,19,21-23,26-27H,4,6,10-11,15-16H2,1-2H3/t19?,21-,22+,23-/m1/s1. The van der Waals surface area contributed by atoms with E-state index < -0.39 is 12.2 Å². The molecule has 31 heavy (non-hydrogen) atoms. The molecule has 7 heteroatoms. The Bertz CT molecular complexity index is 733. The van der Waals surface area contributed by atoms with E-state index in [1.54, 1.807) is 36.4 Å². The third-order valence-corrected chi connectivity index (χ3v) is 5.04. The quantitative estimate of drug-likeness (QED) is 0.282. The molecule has 1 aliphatic rings. The molecular weight excluding hydrogens is 420 g/mol. The summed E-state index contributed by atoms with van der Waals surface area (Å²) in [7, 11) is 0. The Morgan fingerprint density at radius 3 is 2.90 bits per heavy atom. The highest BCUT2D eigenvalue weighted by atomic mass is 35.5. The van der Waals surface area contributed by atoms with Crippen LogP contribution in [-0.2, 0) is 14.3 Å². The second-order valence-corrected chi connectivity index (χ2v) is 8.32. The van der Waals surface area contributed by atoms with Crippen molar-refractivity contribution >= 4 is 17.6 Å². The zero-order valence-electron chi connectivity index (χ0n) is 18.2. The summed E-state index contributed by atoms with van der Waals surface area (Å²) >= 11 is 5.92. The molecule has 2 rings (SSSR count). The average Bonchev–Trinajstić information content (AvgIpc) is 3.06. The number of hydrogen-bond acceptors (Lipinski definition) is 6. The lowest BCUT2D eigenvalue weighted by atomic mass is 9.94. The third-order valence-electron chi connectivity index (χ3n) is 4.81. The Kier molecular flexibility index (Phi) is 11.1. The summed E-state index contributed by atoms with van der Waals surface area (Å²) in [6.45, 7) is 4.03. The van der Waals surface area contributed by atoms with Gasteiger partial charge in [-0.1, -0.05) is 42.0 Å². The summed E-state index contributed by atoms with van der Waals surface area (Å²) in [4.78, 5) is 11.5. The van der Waals surface area contributed by atoms with Crippen molar-refractivity contribution < 1.29 is 29.2 Å². The molecule has 0 aromatic heterocycles. The highest BCUT2D eigenvalue weighted by molar-refractivity contribution is 6.30. The number of halogens is 1. The number of unbranched alkanes of at least 4 members (excludes halogenated alkanes) is 1. The van der Waals surface area contributed by atoms with Gasteiger partial charge < -0.3 is 24.4 Å². The second-order valence-electron chi connectivity index (χ2n) is 7.89. The summed E-state index contributed by atoms with van der Waals surface area (Å²) in [5.74, 6) is 0.332. The predicted molar refractivity (Wildman–Crippen MR) is 120 cm³/mol. The first-order valence-corrected chi connectivity index (χ1v) is 11.1. The lowest BCUT2D eigenvalue weighted by molar-refractivity contribution is -0.147. The third kappa shape index (κ3) is 9.87. The predicted octanol–water partition coefficient (Wildman–Crippen LogP) is 4.08. The van der Waals surface area contributed by atoms with E-state index in [1.165, 1.54) is 0 Å². The first kappa shape index (κ1) is 25.4. The molecule has 0 bridgehead atoms. The van der Waals surface area contributed by atoms with Crippen LogP contribution in [0.5, 0.6) is 5.75 Å². The molecule has 6 nitrogen and oxygen atoms in total. The zero-order chi connectivity index (χ0) is 22.6. The topological polar surface area (TPSA) is 85.2 Å². The summed E-state index contributed by atoms with van der Waals surface area (Å²) in [5.41, 5.74) is 0. The number of ether oxygens (including phenoxy) is 3. The fourth-order valence-corrected chi connectivity index (χ4v) is 3.43. The van der Waals surface area contributed by atoms with E-state index in [0.29, 0.717) is 23.6 Å². The van der Waals surface area contributed by atoms with Gasteiger partial charge in [0.25, 0.3) is 0 Å². The summed E-state index contributed by atoms with van der Waals surface area (Å²) in [5, 5.41) is 20.9. The van der Waals surface area contributed by atoms with E-state index in [0.717, 1.165) is 12.8 Å². The van der Waals surface area contributed by atoms with Gasteiger partial charge in [0, 0.05) is 17.4 Å². The van der Waals surface area contributed by atoms with E-state index >= 15 is 0 Å². The van der Waals surface area contributed by atoms with Gasteiger partial charge in [-0.25, -0.2) is 0 Å². The number of aliphatic hydroxyl groups excluding tert-OH is 2. The smallest absolute Gasteiger partial charge is 0.306 e. The highest BCUT2D eigenvalue weighted by Gasteiger charge is 2.33. The number of carbonyl (C=O) groups is 1. The lowest BCUT2D eigenvalue weighted by Crippen LogP contribution is -2.23. The van der Waals surface area contributed by atoms with Crippen LogP contribution in [0, 0.1) is 5.92 Å². The van der Waals surface area contributed by atoms with Crippen molar-refractivity contribution in [3.05, 3.63) is 53.6 Å². The molecule has 1 aromatic rings. The SMILES string of the molecule is CC(C)OC(=O)CCCC=CC[C@@H]1[C@@H](O)CO[C@@H]1C=CC(O)COc1cccc(Cl)c1. The van der Waals surface area contributed by atoms with Crippen LogP contribution in [0.15, 0.2) is 48.6 Å². The van der Waals surface area contributed by atoms with Gasteiger partial charge in [0.2, 0.25) is 0 Å². The van der Waals surface area contributed by atoms with Crippen molar-refractivity contribution in [3.63, 3.8) is 0 Å². The molecule has 172 valence electrons. The summed E-state index contributed by atoms with van der Waals surface area (Å²) in [6, 6.07) is 6.99. The van der Waals surface area contributed by atoms with Crippen LogP contribution in [-0.4, -0.2) is 53.8 Å². The Balaban J connectivity index is 1.72. The Morgan fingerprint density at radius 1 is 1.35 bits per heavy atom. The number of aliphatic hydroxyl groups is 2. The molecule has 0 radical (unpaired) electrons. The molecular formula is C24H33ClO6. The van der Waals surface area contributed by atoms with Crippen LogP contribution >= 0.6 is 11.6 Å². The van der Waals surface area contributed by atoms with Crippen LogP contribution in [0.25, 0.3) is 0 Å². The van der Waals surface area contributed by atoms with E-state index in [9.17, 15) is 15.0 Å². The van der Waals surface area contributed by atoms with E-state index in [-0.39, 0.29) is 37.3 Å². The molecule has 1 saturated heterocycles. The molecule has 4 atom stereocenters. The molecule has 1 aliphatic heterocycles. The molecule has 1 heterocycles. The van der Waals surface area contributed by atoms with Gasteiger partial charge in [-0.3, -0.25) is 4.79 Å². The second kappa shape index (κ2) is 13.5. The zero-order valence-corrected chi connectivity index (χ0v) is 18.9. The van der Waals surface area contributed by atoms with Gasteiger partial charge in [-0.15, -0.1) is 0 Å². The van der Waals surface area contributed by atoms with Crippen LogP contribution in [0.2, 0.25) is 5.02 Å². The number of allylic oxidation sites excluding steroid dienone is 2. The maximum atomic E-state index is 11.5. The molecule has 1 aromatic carbocycles. The van der Waals surface area contributed by atoms with Gasteiger partial charge in [0.05, 0.1) is 24.9 Å². The monoisotopic (exact) mass is 452 g/mol. The first-order chi connectivity index (χ1) is 14.8. The van der Waals surface area contributed by atoms with Crippen molar-refractivity contribution in [1.29, 1.82) is 0 Å². The molecule has 1 fully saturated rings. The highest BCUT2D eigenvalue weighted by Crippen LogP contribution is 2.26. The Morgan fingerprint density at radius 2 is 2.16 bits per heavy atom. The molecule has 0 spiro atoms. The van der Waals surface area contributed by atoms with Gasteiger partial charge in [-0.2, -0.15) is 0 Å². The molecule has 0 saturated carbocycles. The van der Waals surface area contributed by atoms with Gasteiger partial charge in [0.15, 0.2) is 0 Å². The van der Waals surface area contributed by atoms with Crippen LogP contribution in [0.1, 0.15) is 39.5 Å². The number of hydrogen-bond donors (Lipinski definition) is 2. The Hall–Kier alpha value is -1.86. The minimum atomic E-state index is -0.804. The maximum Gasteiger partial charge on any atom is 0.306 e. The summed E-state index contributed by atoms with van der Waals surface area (Å²) in [6.07, 6.45) is 8.28. The molecule has 0 aliphatic carbocycles. The van der Waals surface area contributed by atoms with Crippen molar-refractivity contribution in [1.82, 2.24) is 0 Å². The van der Waals surface area contributed by atoms with Crippen molar-refractivity contribution in [2.45, 2.75) is 63.9 Å². The molecule has 0 amide bonds.